The third-order valence-corrected chi connectivity index (χ3v) is 6.63. The number of hydrogen-bond acceptors (Lipinski definition) is 5. The maximum atomic E-state index is 12.9. The summed E-state index contributed by atoms with van der Waals surface area (Å²) in [6.45, 7) is 3.29. The van der Waals surface area contributed by atoms with Crippen LogP contribution in [0.3, 0.4) is 0 Å². The van der Waals surface area contributed by atoms with Gasteiger partial charge in [-0.05, 0) is 38.1 Å². The predicted molar refractivity (Wildman–Crippen MR) is 121 cm³/mol. The van der Waals surface area contributed by atoms with Gasteiger partial charge in [0, 0.05) is 12.3 Å². The lowest BCUT2D eigenvalue weighted by Gasteiger charge is -2.12. The van der Waals surface area contributed by atoms with Crippen molar-refractivity contribution < 1.29 is 26.4 Å². The average Bonchev–Trinajstić information content (AvgIpc) is 2.99. The predicted octanol–water partition coefficient (Wildman–Crippen LogP) is 4.79. The van der Waals surface area contributed by atoms with Crippen LogP contribution in [0.5, 0.6) is 0 Å². The van der Waals surface area contributed by atoms with Gasteiger partial charge in [-0.25, -0.2) is 18.1 Å². The molecule has 1 aromatic carbocycles. The first-order valence-corrected chi connectivity index (χ1v) is 11.8. The highest BCUT2D eigenvalue weighted by atomic mass is 35.5. The molecule has 2 heterocycles. The van der Waals surface area contributed by atoms with Crippen molar-refractivity contribution in [2.24, 2.45) is 0 Å². The number of aryl methyl sites for hydroxylation is 2. The molecule has 0 bridgehead atoms. The molecule has 1 amide bonds. The number of carbonyl (C=O) groups excluding carboxylic acids is 1. The molecule has 34 heavy (non-hydrogen) atoms. The maximum absolute atomic E-state index is 12.9. The maximum Gasteiger partial charge on any atom is 0.417 e. The summed E-state index contributed by atoms with van der Waals surface area (Å²) in [7, 11) is -4.09. The topological polar surface area (TPSA) is 94.0 Å². The minimum Gasteiger partial charge on any atom is -0.321 e. The number of nitrogens with zero attached hydrogens (tertiary/aromatic N) is 3. The van der Waals surface area contributed by atoms with E-state index in [1.54, 1.807) is 26.0 Å². The Morgan fingerprint density at radius 2 is 1.82 bits per heavy atom. The van der Waals surface area contributed by atoms with Gasteiger partial charge >= 0.3 is 6.18 Å². The molecule has 13 heteroatoms. The zero-order chi connectivity index (χ0) is 25.3. The lowest BCUT2D eigenvalue weighted by Crippen LogP contribution is -2.29. The van der Waals surface area contributed by atoms with Crippen LogP contribution < -0.4 is 4.72 Å². The van der Waals surface area contributed by atoms with E-state index in [0.29, 0.717) is 12.0 Å². The van der Waals surface area contributed by atoms with Gasteiger partial charge in [0.2, 0.25) is 0 Å². The second kappa shape index (κ2) is 9.77. The van der Waals surface area contributed by atoms with Crippen molar-refractivity contribution in [3.8, 4) is 0 Å². The quantitative estimate of drug-likeness (QED) is 0.460. The van der Waals surface area contributed by atoms with Gasteiger partial charge in [0.1, 0.15) is 5.82 Å². The molecule has 2 aromatic heterocycles. The van der Waals surface area contributed by atoms with Gasteiger partial charge in [0.05, 0.1) is 33.4 Å². The van der Waals surface area contributed by atoms with Gasteiger partial charge in [-0.1, -0.05) is 40.9 Å². The Morgan fingerprint density at radius 1 is 1.18 bits per heavy atom. The first-order chi connectivity index (χ1) is 15.8. The SMILES string of the molecule is Cc1ccc(S(=O)(=O)NC(=O)/C=C/c2c(Cl)nc(C)n2Cc2ncc(C(F)(F)F)cc2Cl)cc1. The van der Waals surface area contributed by atoms with Crippen molar-refractivity contribution in [1.82, 2.24) is 19.3 Å². The van der Waals surface area contributed by atoms with E-state index in [-0.39, 0.29) is 33.0 Å². The summed E-state index contributed by atoms with van der Waals surface area (Å²) in [6.07, 6.45) is -1.75. The third kappa shape index (κ3) is 5.96. The van der Waals surface area contributed by atoms with Crippen LogP contribution in [0.2, 0.25) is 10.2 Å². The largest absolute Gasteiger partial charge is 0.417 e. The van der Waals surface area contributed by atoms with Crippen LogP contribution in [-0.2, 0) is 27.5 Å². The summed E-state index contributed by atoms with van der Waals surface area (Å²) in [4.78, 5) is 20.0. The van der Waals surface area contributed by atoms with Crippen LogP contribution in [0, 0.1) is 13.8 Å². The Kier molecular flexibility index (Phi) is 7.39. The molecule has 0 atom stereocenters. The van der Waals surface area contributed by atoms with Crippen molar-refractivity contribution in [3.05, 3.63) is 81.1 Å². The minimum absolute atomic E-state index is 0.00836. The lowest BCUT2D eigenvalue weighted by molar-refractivity contribution is -0.137. The monoisotopic (exact) mass is 532 g/mol. The van der Waals surface area contributed by atoms with Crippen LogP contribution in [0.15, 0.2) is 47.5 Å². The molecule has 0 aliphatic heterocycles. The number of benzene rings is 1. The normalized spacial score (nSPS) is 12.3. The molecular weight excluding hydrogens is 516 g/mol. The van der Waals surface area contributed by atoms with E-state index in [4.69, 9.17) is 23.2 Å². The van der Waals surface area contributed by atoms with E-state index in [2.05, 4.69) is 9.97 Å². The number of aromatic nitrogens is 3. The highest BCUT2D eigenvalue weighted by Gasteiger charge is 2.31. The molecule has 0 fully saturated rings. The first kappa shape index (κ1) is 25.7. The number of nitrogens with one attached hydrogen (secondary N) is 1. The summed E-state index contributed by atoms with van der Waals surface area (Å²) in [5.74, 6) is -0.567. The third-order valence-electron chi connectivity index (χ3n) is 4.66. The number of halogens is 5. The van der Waals surface area contributed by atoms with E-state index in [0.717, 1.165) is 17.7 Å². The number of amides is 1. The molecule has 7 nitrogen and oxygen atoms in total. The van der Waals surface area contributed by atoms with E-state index < -0.39 is 27.7 Å². The van der Waals surface area contributed by atoms with Crippen molar-refractivity contribution in [2.75, 3.05) is 0 Å². The van der Waals surface area contributed by atoms with E-state index in [1.807, 2.05) is 4.72 Å². The Bertz CT molecular complexity index is 1370. The van der Waals surface area contributed by atoms with Crippen LogP contribution in [0.4, 0.5) is 13.2 Å². The Hall–Kier alpha value is -2.89. The van der Waals surface area contributed by atoms with Gasteiger partial charge in [-0.3, -0.25) is 9.78 Å². The highest BCUT2D eigenvalue weighted by Crippen LogP contribution is 2.31. The second-order valence-corrected chi connectivity index (χ2v) is 9.64. The smallest absolute Gasteiger partial charge is 0.321 e. The molecule has 0 saturated carbocycles. The van der Waals surface area contributed by atoms with Gasteiger partial charge in [0.25, 0.3) is 15.9 Å². The van der Waals surface area contributed by atoms with Gasteiger partial charge < -0.3 is 4.57 Å². The zero-order valence-electron chi connectivity index (χ0n) is 17.7. The van der Waals surface area contributed by atoms with Crippen molar-refractivity contribution in [2.45, 2.75) is 31.5 Å². The molecule has 0 unspecified atom stereocenters. The first-order valence-electron chi connectivity index (χ1n) is 9.53. The summed E-state index contributed by atoms with van der Waals surface area (Å²) < 4.78 is 66.7. The van der Waals surface area contributed by atoms with Gasteiger partial charge in [-0.2, -0.15) is 13.2 Å². The number of carbonyl (C=O) groups is 1. The van der Waals surface area contributed by atoms with Gasteiger partial charge in [-0.15, -0.1) is 0 Å². The number of rotatable bonds is 6. The fourth-order valence-corrected chi connectivity index (χ4v) is 4.35. The summed E-state index contributed by atoms with van der Waals surface area (Å²) >= 11 is 12.1. The molecule has 0 aliphatic carbocycles. The van der Waals surface area contributed by atoms with Crippen molar-refractivity contribution in [3.63, 3.8) is 0 Å². The standard InChI is InChI=1S/C21H17Cl2F3N4O3S/c1-12-3-5-15(6-4-12)34(32,33)29-19(31)8-7-18-20(23)28-13(2)30(18)11-17-16(22)9-14(10-27-17)21(24,25)26/h3-10H,11H2,1-2H3,(H,29,31)/b8-7+. The van der Waals surface area contributed by atoms with Gasteiger partial charge in [0.15, 0.2) is 5.15 Å². The summed E-state index contributed by atoms with van der Waals surface area (Å²) in [5.41, 5.74) is 0.187. The van der Waals surface area contributed by atoms with E-state index in [9.17, 15) is 26.4 Å². The fraction of sp³-hybridized carbons (Fsp3) is 0.190. The van der Waals surface area contributed by atoms with Crippen molar-refractivity contribution >= 4 is 45.2 Å². The second-order valence-electron chi connectivity index (χ2n) is 7.19. The molecule has 3 aromatic rings. The van der Waals surface area contributed by atoms with E-state index in [1.165, 1.54) is 22.8 Å². The molecule has 1 N–H and O–H groups in total. The van der Waals surface area contributed by atoms with Crippen LogP contribution in [0.1, 0.15) is 28.3 Å². The Balaban J connectivity index is 1.82. The molecule has 3 rings (SSSR count). The lowest BCUT2D eigenvalue weighted by atomic mass is 10.2. The fourth-order valence-electron chi connectivity index (χ4n) is 2.89. The molecule has 0 aliphatic rings. The summed E-state index contributed by atoms with van der Waals surface area (Å²) in [6, 6.07) is 6.68. The Labute approximate surface area is 203 Å². The molecule has 180 valence electrons. The van der Waals surface area contributed by atoms with Crippen LogP contribution in [0.25, 0.3) is 6.08 Å². The number of hydrogen-bond donors (Lipinski definition) is 1. The number of alkyl halides is 3. The molecule has 0 saturated heterocycles. The van der Waals surface area contributed by atoms with Crippen LogP contribution >= 0.6 is 23.2 Å². The average molecular weight is 533 g/mol. The molecular formula is C21H17Cl2F3N4O3S. The van der Waals surface area contributed by atoms with Crippen LogP contribution in [-0.4, -0.2) is 28.9 Å². The van der Waals surface area contributed by atoms with Crippen molar-refractivity contribution in [1.29, 1.82) is 0 Å². The number of sulfonamides is 1. The minimum atomic E-state index is -4.59. The summed E-state index contributed by atoms with van der Waals surface area (Å²) in [5, 5.41) is -0.220. The number of pyridine rings is 1. The highest BCUT2D eigenvalue weighted by molar-refractivity contribution is 7.90. The number of imidazole rings is 1. The van der Waals surface area contributed by atoms with E-state index >= 15 is 0 Å². The molecule has 0 spiro atoms. The molecule has 0 radical (unpaired) electrons. The Morgan fingerprint density at radius 3 is 2.41 bits per heavy atom. The zero-order valence-corrected chi connectivity index (χ0v) is 20.0.